The number of ether oxygens (including phenoxy) is 2. The molecule has 2 aromatic carbocycles. The van der Waals surface area contributed by atoms with E-state index in [0.29, 0.717) is 16.9 Å². The van der Waals surface area contributed by atoms with Gasteiger partial charge >= 0.3 is 6.36 Å². The summed E-state index contributed by atoms with van der Waals surface area (Å²) in [5, 5.41) is 0. The van der Waals surface area contributed by atoms with E-state index in [1.807, 2.05) is 0 Å². The molecule has 0 aliphatic heterocycles. The molecule has 0 amide bonds. The molecule has 2 rings (SSSR count). The van der Waals surface area contributed by atoms with Gasteiger partial charge < -0.3 is 9.47 Å². The number of terminal acetylenes is 1. The van der Waals surface area contributed by atoms with Gasteiger partial charge in [-0.1, -0.05) is 24.1 Å². The zero-order valence-electron chi connectivity index (χ0n) is 11.1. The number of benzene rings is 2. The van der Waals surface area contributed by atoms with E-state index in [9.17, 15) is 13.2 Å². The van der Waals surface area contributed by atoms with Crippen LogP contribution in [0.5, 0.6) is 11.5 Å². The molecule has 0 aliphatic carbocycles. The number of alkyl halides is 3. The van der Waals surface area contributed by atoms with Crippen molar-refractivity contribution in [3.63, 3.8) is 0 Å². The summed E-state index contributed by atoms with van der Waals surface area (Å²) in [6.45, 7) is 0. The lowest BCUT2D eigenvalue weighted by molar-refractivity contribution is -0.274. The van der Waals surface area contributed by atoms with Crippen LogP contribution in [0.2, 0.25) is 0 Å². The normalized spacial score (nSPS) is 10.8. The summed E-state index contributed by atoms with van der Waals surface area (Å²) in [6, 6.07) is 11.0. The highest BCUT2D eigenvalue weighted by atomic mass is 19.4. The van der Waals surface area contributed by atoms with Crippen molar-refractivity contribution in [3.8, 4) is 35.0 Å². The lowest BCUT2D eigenvalue weighted by Gasteiger charge is -2.13. The van der Waals surface area contributed by atoms with Crippen molar-refractivity contribution in [1.82, 2.24) is 0 Å². The van der Waals surface area contributed by atoms with E-state index < -0.39 is 6.36 Å². The molecule has 0 atom stereocenters. The van der Waals surface area contributed by atoms with Gasteiger partial charge in [-0.2, -0.15) is 0 Å². The summed E-state index contributed by atoms with van der Waals surface area (Å²) in [7, 11) is 1.48. The number of methoxy groups -OCH3 is 1. The quantitative estimate of drug-likeness (QED) is 0.788. The lowest BCUT2D eigenvalue weighted by atomic mass is 10.0. The molecule has 2 aromatic rings. The number of hydrogen-bond acceptors (Lipinski definition) is 2. The van der Waals surface area contributed by atoms with Gasteiger partial charge in [0, 0.05) is 11.1 Å². The van der Waals surface area contributed by atoms with Crippen molar-refractivity contribution < 1.29 is 22.6 Å². The predicted molar refractivity (Wildman–Crippen MR) is 73.0 cm³/mol. The third kappa shape index (κ3) is 3.69. The molecule has 0 fully saturated rings. The van der Waals surface area contributed by atoms with Gasteiger partial charge in [0.25, 0.3) is 0 Å². The molecule has 0 radical (unpaired) electrons. The van der Waals surface area contributed by atoms with E-state index in [-0.39, 0.29) is 11.3 Å². The molecule has 0 unspecified atom stereocenters. The predicted octanol–water partition coefficient (Wildman–Crippen LogP) is 4.24. The Morgan fingerprint density at radius 2 is 1.81 bits per heavy atom. The van der Waals surface area contributed by atoms with E-state index in [4.69, 9.17) is 11.2 Å². The Morgan fingerprint density at radius 3 is 2.43 bits per heavy atom. The molecule has 0 aliphatic rings. The highest BCUT2D eigenvalue weighted by molar-refractivity contribution is 5.73. The van der Waals surface area contributed by atoms with Crippen molar-refractivity contribution in [2.45, 2.75) is 6.36 Å². The fourth-order valence-electron chi connectivity index (χ4n) is 1.91. The van der Waals surface area contributed by atoms with E-state index >= 15 is 0 Å². The summed E-state index contributed by atoms with van der Waals surface area (Å²) in [4.78, 5) is 0. The van der Waals surface area contributed by atoms with Crippen LogP contribution in [0, 0.1) is 12.3 Å². The summed E-state index contributed by atoms with van der Waals surface area (Å²) >= 11 is 0. The van der Waals surface area contributed by atoms with Crippen LogP contribution in [0.1, 0.15) is 5.56 Å². The summed E-state index contributed by atoms with van der Waals surface area (Å²) < 4.78 is 46.2. The van der Waals surface area contributed by atoms with Crippen molar-refractivity contribution >= 4 is 0 Å². The van der Waals surface area contributed by atoms with Gasteiger partial charge in [-0.05, 0) is 29.8 Å². The third-order valence-electron chi connectivity index (χ3n) is 2.72. The highest BCUT2D eigenvalue weighted by Gasteiger charge is 2.31. The fourth-order valence-corrected chi connectivity index (χ4v) is 1.91. The molecule has 0 aromatic heterocycles. The third-order valence-corrected chi connectivity index (χ3v) is 2.72. The maximum atomic E-state index is 12.4. The summed E-state index contributed by atoms with van der Waals surface area (Å²) in [5.41, 5.74) is 1.41. The molecule has 5 heteroatoms. The molecule has 0 bridgehead atoms. The number of rotatable bonds is 3. The van der Waals surface area contributed by atoms with Crippen molar-refractivity contribution in [2.24, 2.45) is 0 Å². The van der Waals surface area contributed by atoms with E-state index in [2.05, 4.69) is 10.7 Å². The molecule has 0 N–H and O–H groups in total. The second-order valence-electron chi connectivity index (χ2n) is 4.14. The molecule has 2 nitrogen and oxygen atoms in total. The van der Waals surface area contributed by atoms with Crippen molar-refractivity contribution in [1.29, 1.82) is 0 Å². The van der Waals surface area contributed by atoms with Gasteiger partial charge in [0.15, 0.2) is 0 Å². The van der Waals surface area contributed by atoms with Crippen LogP contribution in [0.3, 0.4) is 0 Å². The Bertz CT molecular complexity index is 685. The van der Waals surface area contributed by atoms with Crippen LogP contribution in [-0.2, 0) is 0 Å². The van der Waals surface area contributed by atoms with E-state index in [1.165, 1.54) is 13.2 Å². The lowest BCUT2D eigenvalue weighted by Crippen LogP contribution is -2.17. The Morgan fingerprint density at radius 1 is 1.10 bits per heavy atom. The fraction of sp³-hybridized carbons (Fsp3) is 0.125. The molecule has 21 heavy (non-hydrogen) atoms. The summed E-state index contributed by atoms with van der Waals surface area (Å²) in [6.07, 6.45) is 0.509. The second kappa shape index (κ2) is 5.80. The minimum absolute atomic E-state index is 0.289. The average Bonchev–Trinajstić information content (AvgIpc) is 2.45. The Labute approximate surface area is 120 Å². The van der Waals surface area contributed by atoms with Gasteiger partial charge in [-0.25, -0.2) is 0 Å². The van der Waals surface area contributed by atoms with E-state index in [1.54, 1.807) is 30.3 Å². The molecule has 108 valence electrons. The monoisotopic (exact) mass is 292 g/mol. The van der Waals surface area contributed by atoms with Gasteiger partial charge in [-0.15, -0.1) is 19.6 Å². The first kappa shape index (κ1) is 14.8. The number of hydrogen-bond donors (Lipinski definition) is 0. The first-order valence-corrected chi connectivity index (χ1v) is 5.94. The molecule has 0 saturated carbocycles. The zero-order valence-corrected chi connectivity index (χ0v) is 11.1. The van der Waals surface area contributed by atoms with Crippen LogP contribution in [0.15, 0.2) is 42.5 Å². The van der Waals surface area contributed by atoms with Crippen molar-refractivity contribution in [2.75, 3.05) is 7.11 Å². The van der Waals surface area contributed by atoms with Crippen LogP contribution in [0.4, 0.5) is 13.2 Å². The maximum Gasteiger partial charge on any atom is 0.573 e. The van der Waals surface area contributed by atoms with Crippen LogP contribution >= 0.6 is 0 Å². The zero-order chi connectivity index (χ0) is 15.5. The van der Waals surface area contributed by atoms with Gasteiger partial charge in [0.1, 0.15) is 11.5 Å². The molecule has 0 spiro atoms. The molecular formula is C16H11F3O2. The van der Waals surface area contributed by atoms with Gasteiger partial charge in [0.2, 0.25) is 0 Å². The largest absolute Gasteiger partial charge is 0.573 e. The smallest absolute Gasteiger partial charge is 0.496 e. The Balaban J connectivity index is 2.54. The van der Waals surface area contributed by atoms with Crippen LogP contribution in [0.25, 0.3) is 11.1 Å². The van der Waals surface area contributed by atoms with Gasteiger partial charge in [0.05, 0.1) is 7.11 Å². The standard InChI is InChI=1S/C16H11F3O2/c1-3-11-8-12(10-13(9-11)21-16(17,18)19)14-6-4-5-7-15(14)20-2/h1,4-10H,2H3. The SMILES string of the molecule is C#Cc1cc(OC(F)(F)F)cc(-c2ccccc2OC)c1. The number of halogens is 3. The Kier molecular flexibility index (Phi) is 4.08. The topological polar surface area (TPSA) is 18.5 Å². The minimum atomic E-state index is -4.77. The molecule has 0 heterocycles. The number of para-hydroxylation sites is 1. The highest BCUT2D eigenvalue weighted by Crippen LogP contribution is 2.34. The first-order chi connectivity index (χ1) is 9.93. The minimum Gasteiger partial charge on any atom is -0.496 e. The van der Waals surface area contributed by atoms with Crippen molar-refractivity contribution in [3.05, 3.63) is 48.0 Å². The van der Waals surface area contributed by atoms with E-state index in [0.717, 1.165) is 6.07 Å². The second-order valence-corrected chi connectivity index (χ2v) is 4.14. The average molecular weight is 292 g/mol. The summed E-state index contributed by atoms with van der Waals surface area (Å²) in [5.74, 6) is 2.48. The van der Waals surface area contributed by atoms with Gasteiger partial charge in [-0.3, -0.25) is 0 Å². The van der Waals surface area contributed by atoms with Crippen LogP contribution < -0.4 is 9.47 Å². The molecular weight excluding hydrogens is 281 g/mol. The Hall–Kier alpha value is -2.61. The first-order valence-electron chi connectivity index (χ1n) is 5.94. The van der Waals surface area contributed by atoms with Crippen LogP contribution in [-0.4, -0.2) is 13.5 Å². The molecule has 0 saturated heterocycles. The maximum absolute atomic E-state index is 12.4.